The average molecular weight is 2270 g/mol. The molecule has 0 atom stereocenters. The van der Waals surface area contributed by atoms with E-state index in [0.717, 1.165) is 97.9 Å². The van der Waals surface area contributed by atoms with Crippen molar-refractivity contribution in [2.45, 2.75) is 98.7 Å². The van der Waals surface area contributed by atoms with Crippen LogP contribution in [0.2, 0.25) is 16.6 Å². The first-order valence-electron chi connectivity index (χ1n) is 42.3. The number of carbonyl (C=O) groups excluding carboxylic acids is 6. The van der Waals surface area contributed by atoms with Crippen LogP contribution in [0.3, 0.4) is 0 Å². The number of ketones is 1. The monoisotopic (exact) mass is 2260 g/mol. The lowest BCUT2D eigenvalue weighted by molar-refractivity contribution is -0.193. The molecule has 0 radical (unpaired) electrons. The third-order valence-electron chi connectivity index (χ3n) is 23.1. The van der Waals surface area contributed by atoms with Gasteiger partial charge in [-0.15, -0.1) is 113 Å². The van der Waals surface area contributed by atoms with Gasteiger partial charge in [-0.2, -0.15) is 30.5 Å². The van der Waals surface area contributed by atoms with Crippen molar-refractivity contribution in [1.29, 1.82) is 0 Å². The second kappa shape index (κ2) is 43.7. The third-order valence-corrected chi connectivity index (χ3v) is 47.4. The van der Waals surface area contributed by atoms with E-state index < -0.39 is 8.07 Å². The van der Waals surface area contributed by atoms with E-state index in [4.69, 9.17) is 23.9 Å². The number of hydrogen-bond acceptors (Lipinski definition) is 19. The highest BCUT2D eigenvalue weighted by molar-refractivity contribution is 9.13. The van der Waals surface area contributed by atoms with Gasteiger partial charge in [0, 0.05) is 115 Å². The van der Waals surface area contributed by atoms with E-state index >= 15 is 0 Å². The second-order valence-electron chi connectivity index (χ2n) is 31.4. The standard InChI is InChI=1S/C34H32S2Si.C23H20O2S2.C20H8O2S2.C14H11BrS2.C11H6Br2OS.C4H2Br2S.2CO2/c1-8-13-27-23-14-9-11-16-25(23)29-31(27)35-34-30-26-17-12-10-15-24(26)28(32(30)36-33(29)34)18-19-37(20(2)3,21(4)5)22(6)7;1-3-19-20(15-10-6-5-7-11-15)22-21(27-19)18(14-26-22)16-12-8-9-13-17(16)23(24)25-4-2;21-15-11-7-3-1-5-9(11)13-17(15)23-20-14-10-6-2-4-8-12(10)16(22)18(14)24-19(13)20;1-2-11-12(9-6-4-3-5-7-9)14-13(17-11)10(15)8-16-14;12-8-6-15-11(9(8)13)10(14)7-4-2-1-3-5-7;5-3-1-7-2-4(3)6;2*2-1-3/h9-12,14-17,20-22H,1-7H3;5-14H,3-4H2,1-2H3;1-8H;3-8H,2H2,1H3;1-6H;1-2H;;. The van der Waals surface area contributed by atoms with Gasteiger partial charge in [-0.3, -0.25) is 14.4 Å². The molecule has 25 heteroatoms. The molecule has 0 amide bonds. The Morgan fingerprint density at radius 3 is 1.23 bits per heavy atom. The molecule has 2 aliphatic rings. The molecule has 664 valence electrons. The largest absolute Gasteiger partial charge is 0.462 e. The number of halogens is 5. The van der Waals surface area contributed by atoms with Gasteiger partial charge in [-0.05, 0) is 179 Å². The van der Waals surface area contributed by atoms with Crippen molar-refractivity contribution in [3.8, 4) is 78.9 Å². The van der Waals surface area contributed by atoms with Gasteiger partial charge in [0.2, 0.25) is 16.6 Å². The Kier molecular flexibility index (Phi) is 32.2. The molecule has 22 rings (SSSR count). The molecule has 0 saturated carbocycles. The van der Waals surface area contributed by atoms with Crippen molar-refractivity contribution < 1.29 is 33.5 Å². The minimum Gasteiger partial charge on any atom is -0.462 e. The zero-order valence-corrected chi connectivity index (χ0v) is 90.2. The third kappa shape index (κ3) is 19.2. The minimum absolute atomic E-state index is 0.0539. The summed E-state index contributed by atoms with van der Waals surface area (Å²) in [5, 5.41) is 15.9. The molecule has 10 aromatic heterocycles. The molecule has 0 spiro atoms. The Balaban J connectivity index is 0.000000126. The van der Waals surface area contributed by atoms with Crippen LogP contribution < -0.4 is 19.9 Å². The maximum absolute atomic E-state index is 12.7. The molecule has 0 aliphatic heterocycles. The fourth-order valence-corrected chi connectivity index (χ4v) is 38.2. The number of benzene rings is 8. The number of ether oxygens (including phenoxy) is 1. The number of rotatable bonds is 12. The van der Waals surface area contributed by atoms with Gasteiger partial charge in [-0.25, -0.2) is 4.79 Å². The lowest BCUT2D eigenvalue weighted by atomic mass is 10.0. The molecule has 0 saturated heterocycles. The summed E-state index contributed by atoms with van der Waals surface area (Å²) in [5.41, 5.74) is 25.4. The molecular weight excluding hydrogens is 2190 g/mol. The van der Waals surface area contributed by atoms with Crippen LogP contribution in [0, 0.1) is 23.3 Å². The van der Waals surface area contributed by atoms with Gasteiger partial charge in [0.05, 0.1) is 83.2 Å². The summed E-state index contributed by atoms with van der Waals surface area (Å²) in [5.74, 6) is 10.3. The van der Waals surface area contributed by atoms with Crippen molar-refractivity contribution in [3.63, 3.8) is 0 Å². The van der Waals surface area contributed by atoms with E-state index in [1.165, 1.54) is 152 Å². The topological polar surface area (TPSA) is 146 Å². The van der Waals surface area contributed by atoms with Crippen molar-refractivity contribution in [3.05, 3.63) is 328 Å². The highest BCUT2D eigenvalue weighted by Gasteiger charge is 2.42. The highest BCUT2D eigenvalue weighted by Crippen LogP contribution is 2.53. The van der Waals surface area contributed by atoms with Crippen LogP contribution in [-0.4, -0.2) is 38.7 Å². The summed E-state index contributed by atoms with van der Waals surface area (Å²) in [6.07, 6.45) is 2.60. The fourth-order valence-electron chi connectivity index (χ4n) is 17.5. The number of aryl methyl sites for hydroxylation is 2. The number of carbonyl (C=O) groups is 2. The van der Waals surface area contributed by atoms with E-state index in [2.05, 4.69) is 272 Å². The maximum atomic E-state index is 12.7. The Labute approximate surface area is 851 Å². The molecule has 10 heterocycles. The zero-order valence-electron chi connectivity index (χ0n) is 73.1. The summed E-state index contributed by atoms with van der Waals surface area (Å²) in [7, 11) is -1.84. The Morgan fingerprint density at radius 1 is 0.383 bits per heavy atom. The van der Waals surface area contributed by atoms with E-state index in [1.54, 1.807) is 22.7 Å². The molecule has 2 aliphatic carbocycles. The number of thiophene rings is 10. The van der Waals surface area contributed by atoms with Crippen molar-refractivity contribution in [2.24, 2.45) is 0 Å². The van der Waals surface area contributed by atoms with Crippen LogP contribution in [0.25, 0.3) is 146 Å². The summed E-state index contributed by atoms with van der Waals surface area (Å²) >= 11 is 34.5. The molecular formula is C108H79Br5O9S10Si. The van der Waals surface area contributed by atoms with Crippen molar-refractivity contribution in [2.75, 3.05) is 6.61 Å². The molecule has 9 nitrogen and oxygen atoms in total. The first-order chi connectivity index (χ1) is 64.4. The van der Waals surface area contributed by atoms with Gasteiger partial charge in [-0.1, -0.05) is 273 Å². The minimum atomic E-state index is -1.84. The van der Waals surface area contributed by atoms with Crippen LogP contribution in [0.4, 0.5) is 0 Å². The van der Waals surface area contributed by atoms with Gasteiger partial charge < -0.3 is 4.74 Å². The van der Waals surface area contributed by atoms with E-state index in [-0.39, 0.29) is 34.9 Å². The summed E-state index contributed by atoms with van der Waals surface area (Å²) in [6, 6.07) is 71.5. The molecule has 0 bridgehead atoms. The van der Waals surface area contributed by atoms with Crippen LogP contribution in [0.15, 0.2) is 271 Å². The van der Waals surface area contributed by atoms with Crippen molar-refractivity contribution >= 4 is 316 Å². The predicted molar refractivity (Wildman–Crippen MR) is 589 cm³/mol. The lowest BCUT2D eigenvalue weighted by Gasteiger charge is -2.38. The second-order valence-corrected chi connectivity index (χ2v) is 50.8. The molecule has 0 fully saturated rings. The van der Waals surface area contributed by atoms with Crippen LogP contribution in [0.5, 0.6) is 0 Å². The summed E-state index contributed by atoms with van der Waals surface area (Å²) in [4.78, 5) is 86.0. The normalized spacial score (nSPS) is 11.4. The van der Waals surface area contributed by atoms with Crippen molar-refractivity contribution in [1.82, 2.24) is 0 Å². The summed E-state index contributed by atoms with van der Waals surface area (Å²) < 4.78 is 25.2. The molecule has 0 N–H and O–H groups in total. The Morgan fingerprint density at radius 2 is 0.789 bits per heavy atom. The first kappa shape index (κ1) is 98.0. The van der Waals surface area contributed by atoms with Gasteiger partial charge >= 0.3 is 18.3 Å². The molecule has 10 aromatic carbocycles. The quantitative estimate of drug-likeness (QED) is 0.0505. The molecule has 20 aromatic rings. The summed E-state index contributed by atoms with van der Waals surface area (Å²) in [6.45, 7) is 23.0. The van der Waals surface area contributed by atoms with Crippen LogP contribution in [0.1, 0.15) is 116 Å². The van der Waals surface area contributed by atoms with E-state index in [0.29, 0.717) is 34.4 Å². The van der Waals surface area contributed by atoms with E-state index in [9.17, 15) is 19.2 Å². The molecule has 133 heavy (non-hydrogen) atoms. The highest BCUT2D eigenvalue weighted by atomic mass is 79.9. The maximum Gasteiger partial charge on any atom is 0.373 e. The first-order valence-corrected chi connectivity index (χ1v) is 57.0. The zero-order chi connectivity index (χ0) is 94.2. The predicted octanol–water partition coefficient (Wildman–Crippen LogP) is 33.3. The van der Waals surface area contributed by atoms with Crippen LogP contribution in [-0.2, 0) is 36.8 Å². The van der Waals surface area contributed by atoms with Crippen LogP contribution >= 0.6 is 193 Å². The number of fused-ring (bicyclic) bond motifs is 20. The van der Waals surface area contributed by atoms with E-state index in [1.807, 2.05) is 196 Å². The average Bonchev–Trinajstić information content (AvgIpc) is 1.54. The van der Waals surface area contributed by atoms with Gasteiger partial charge in [0.1, 0.15) is 8.07 Å². The van der Waals surface area contributed by atoms with Gasteiger partial charge in [0.25, 0.3) is 0 Å². The SMILES string of the molecule is Brc1cscc1Br.CC#CC1=c2sc3c4c(sc3c2-c2ccccc21)=C(C#C[Si](C(C)C)(C(C)C)C(C)C)c1ccccc1-4.CCOC(=O)c1ccccc1-c1csc2c(-c3ccccc3)c(CC)sc12.CCc1sc2c(Br)csc2c1-c1ccccc1.O=C(c1ccccc1)c1scc(Br)c1Br.O=C=O.O=C=O.O=c1c2ccccc2c2c1sc1c2sc2c(=O)c3ccccc3c21. The Bertz CT molecular complexity index is 8080. The fraction of sp³-hybridized carbons (Fsp3) is 0.148. The molecule has 0 unspecified atom stereocenters. The van der Waals surface area contributed by atoms with Gasteiger partial charge in [0.15, 0.2) is 0 Å². The Hall–Kier alpha value is -9.48. The number of hydrogen-bond donors (Lipinski definition) is 0. The lowest BCUT2D eigenvalue weighted by Crippen LogP contribution is -2.43. The smallest absolute Gasteiger partial charge is 0.373 e. The number of esters is 1.